The lowest BCUT2D eigenvalue weighted by Gasteiger charge is -2.21. The summed E-state index contributed by atoms with van der Waals surface area (Å²) in [5, 5.41) is 2.52. The first-order chi connectivity index (χ1) is 15.8. The molecule has 1 atom stereocenters. The van der Waals surface area contributed by atoms with Gasteiger partial charge in [0.25, 0.3) is 5.91 Å². The molecule has 1 N–H and O–H groups in total. The fraction of sp³-hybridized carbons (Fsp3) is 0.292. The Kier molecular flexibility index (Phi) is 6.22. The molecule has 3 aromatic rings. The Bertz CT molecular complexity index is 1170. The Balaban J connectivity index is 1.52. The molecule has 0 unspecified atom stereocenters. The molecule has 0 aliphatic carbocycles. The number of anilines is 2. The quantitative estimate of drug-likeness (QED) is 0.582. The van der Waals surface area contributed by atoms with Crippen molar-refractivity contribution < 1.29 is 22.7 Å². The van der Waals surface area contributed by atoms with Crippen LogP contribution >= 0.6 is 0 Å². The summed E-state index contributed by atoms with van der Waals surface area (Å²) in [5.41, 5.74) is 2.47. The molecule has 0 spiro atoms. The maximum atomic E-state index is 12.9. The number of nitrogens with one attached hydrogen (secondary N) is 1. The topological polar surface area (TPSA) is 67.3 Å². The van der Waals surface area contributed by atoms with E-state index < -0.39 is 17.6 Å². The summed E-state index contributed by atoms with van der Waals surface area (Å²) in [6.07, 6.45) is 1.74. The number of carbonyl (C=O) groups is 1. The van der Waals surface area contributed by atoms with Gasteiger partial charge in [0.05, 0.1) is 36.4 Å². The highest BCUT2D eigenvalue weighted by atomic mass is 19.4. The average molecular weight is 456 g/mol. The molecule has 3 heterocycles. The lowest BCUT2D eigenvalue weighted by atomic mass is 9.92. The Hall–Kier alpha value is -3.62. The molecule has 1 aromatic carbocycles. The molecule has 1 aliphatic heterocycles. The second-order valence-electron chi connectivity index (χ2n) is 7.96. The van der Waals surface area contributed by atoms with Crippen molar-refractivity contribution in [2.24, 2.45) is 0 Å². The minimum atomic E-state index is -4.53. The van der Waals surface area contributed by atoms with E-state index in [1.807, 2.05) is 25.1 Å². The number of amides is 1. The largest absolute Gasteiger partial charge is 0.494 e. The van der Waals surface area contributed by atoms with Gasteiger partial charge in [-0.2, -0.15) is 13.2 Å². The van der Waals surface area contributed by atoms with Gasteiger partial charge in [-0.1, -0.05) is 6.07 Å². The molecule has 0 radical (unpaired) electrons. The van der Waals surface area contributed by atoms with Crippen molar-refractivity contribution in [3.63, 3.8) is 0 Å². The molecule has 1 aliphatic rings. The first kappa shape index (κ1) is 22.6. The molecular weight excluding hydrogens is 433 g/mol. The zero-order valence-electron chi connectivity index (χ0n) is 18.2. The van der Waals surface area contributed by atoms with Crippen LogP contribution in [0.2, 0.25) is 0 Å². The maximum absolute atomic E-state index is 12.9. The first-order valence-corrected chi connectivity index (χ1v) is 10.4. The molecular formula is C24H23F3N4O2. The van der Waals surface area contributed by atoms with Crippen LogP contribution in [0.1, 0.15) is 39.4 Å². The van der Waals surface area contributed by atoms with Crippen LogP contribution in [0.4, 0.5) is 24.5 Å². The van der Waals surface area contributed by atoms with Crippen molar-refractivity contribution in [2.45, 2.75) is 25.4 Å². The van der Waals surface area contributed by atoms with E-state index in [9.17, 15) is 18.0 Å². The molecule has 9 heteroatoms. The SMILES string of the molecule is COc1ccncc1N1CC[C@@H](c2cc(C(=O)Nc3cncc(C(F)(F)F)c3)ccc2C)C1. The summed E-state index contributed by atoms with van der Waals surface area (Å²) >= 11 is 0. The normalized spacial score (nSPS) is 16.0. The number of hydrogen-bond acceptors (Lipinski definition) is 5. The predicted octanol–water partition coefficient (Wildman–Crippen LogP) is 5.06. The van der Waals surface area contributed by atoms with E-state index in [1.54, 1.807) is 25.6 Å². The summed E-state index contributed by atoms with van der Waals surface area (Å²) in [5.74, 6) is 0.462. The number of halogens is 3. The highest BCUT2D eigenvalue weighted by Gasteiger charge is 2.31. The maximum Gasteiger partial charge on any atom is 0.417 e. The van der Waals surface area contributed by atoms with Crippen LogP contribution in [0, 0.1) is 6.92 Å². The van der Waals surface area contributed by atoms with Gasteiger partial charge in [0.2, 0.25) is 0 Å². The number of ether oxygens (including phenoxy) is 1. The van der Waals surface area contributed by atoms with E-state index in [0.29, 0.717) is 5.56 Å². The minimum absolute atomic E-state index is 0.00679. The lowest BCUT2D eigenvalue weighted by Crippen LogP contribution is -2.20. The Morgan fingerprint density at radius 1 is 1.15 bits per heavy atom. The number of nitrogens with zero attached hydrogens (tertiary/aromatic N) is 3. The van der Waals surface area contributed by atoms with Crippen molar-refractivity contribution in [3.8, 4) is 5.75 Å². The summed E-state index contributed by atoms with van der Waals surface area (Å²) in [4.78, 5) is 22.8. The van der Waals surface area contributed by atoms with Crippen LogP contribution in [-0.4, -0.2) is 36.1 Å². The van der Waals surface area contributed by atoms with Gasteiger partial charge in [-0.15, -0.1) is 0 Å². The van der Waals surface area contributed by atoms with Gasteiger partial charge in [0, 0.05) is 43.0 Å². The molecule has 4 rings (SSSR count). The number of pyridine rings is 2. The van der Waals surface area contributed by atoms with Crippen LogP contribution in [0.5, 0.6) is 5.75 Å². The lowest BCUT2D eigenvalue weighted by molar-refractivity contribution is -0.137. The molecule has 1 fully saturated rings. The molecule has 33 heavy (non-hydrogen) atoms. The number of benzene rings is 1. The van der Waals surface area contributed by atoms with Gasteiger partial charge in [0.1, 0.15) is 5.75 Å². The molecule has 6 nitrogen and oxygen atoms in total. The number of aromatic nitrogens is 2. The Labute approximate surface area is 189 Å². The highest BCUT2D eigenvalue weighted by molar-refractivity contribution is 6.04. The van der Waals surface area contributed by atoms with Gasteiger partial charge in [-0.05, 0) is 42.7 Å². The van der Waals surface area contributed by atoms with Crippen LogP contribution in [0.3, 0.4) is 0 Å². The van der Waals surface area contributed by atoms with Gasteiger partial charge in [-0.25, -0.2) is 0 Å². The van der Waals surface area contributed by atoms with Gasteiger partial charge < -0.3 is 15.0 Å². The highest BCUT2D eigenvalue weighted by Crippen LogP contribution is 2.36. The number of methoxy groups -OCH3 is 1. The van der Waals surface area contributed by atoms with Gasteiger partial charge >= 0.3 is 6.18 Å². The monoisotopic (exact) mass is 456 g/mol. The van der Waals surface area contributed by atoms with E-state index >= 15 is 0 Å². The van der Waals surface area contributed by atoms with E-state index in [0.717, 1.165) is 54.3 Å². The smallest absolute Gasteiger partial charge is 0.417 e. The molecule has 1 amide bonds. The number of hydrogen-bond donors (Lipinski definition) is 1. The third-order valence-electron chi connectivity index (χ3n) is 5.81. The zero-order valence-corrected chi connectivity index (χ0v) is 18.2. The van der Waals surface area contributed by atoms with Crippen molar-refractivity contribution in [2.75, 3.05) is 30.4 Å². The second-order valence-corrected chi connectivity index (χ2v) is 7.96. The zero-order chi connectivity index (χ0) is 23.6. The summed E-state index contributed by atoms with van der Waals surface area (Å²) < 4.78 is 44.2. The van der Waals surface area contributed by atoms with E-state index in [2.05, 4.69) is 20.2 Å². The van der Waals surface area contributed by atoms with Gasteiger partial charge in [-0.3, -0.25) is 14.8 Å². The minimum Gasteiger partial charge on any atom is -0.494 e. The predicted molar refractivity (Wildman–Crippen MR) is 119 cm³/mol. The van der Waals surface area contributed by atoms with Crippen LogP contribution < -0.4 is 15.0 Å². The molecule has 172 valence electrons. The van der Waals surface area contributed by atoms with Crippen LogP contribution in [0.25, 0.3) is 0 Å². The molecule has 2 aromatic heterocycles. The summed E-state index contributed by atoms with van der Waals surface area (Å²) in [6, 6.07) is 8.05. The number of aryl methyl sites for hydroxylation is 1. The van der Waals surface area contributed by atoms with Crippen molar-refractivity contribution in [1.29, 1.82) is 0 Å². The fourth-order valence-corrected chi connectivity index (χ4v) is 4.10. The van der Waals surface area contributed by atoms with Crippen molar-refractivity contribution in [1.82, 2.24) is 9.97 Å². The van der Waals surface area contributed by atoms with Crippen molar-refractivity contribution in [3.05, 3.63) is 77.4 Å². The molecule has 0 saturated carbocycles. The first-order valence-electron chi connectivity index (χ1n) is 10.4. The number of alkyl halides is 3. The third kappa shape index (κ3) is 4.92. The van der Waals surface area contributed by atoms with Crippen LogP contribution in [0.15, 0.2) is 55.1 Å². The average Bonchev–Trinajstić information content (AvgIpc) is 3.28. The summed E-state index contributed by atoms with van der Waals surface area (Å²) in [7, 11) is 1.62. The van der Waals surface area contributed by atoms with E-state index in [4.69, 9.17) is 4.74 Å². The fourth-order valence-electron chi connectivity index (χ4n) is 4.10. The molecule has 1 saturated heterocycles. The van der Waals surface area contributed by atoms with Gasteiger partial charge in [0.15, 0.2) is 0 Å². The molecule has 0 bridgehead atoms. The third-order valence-corrected chi connectivity index (χ3v) is 5.81. The number of rotatable bonds is 5. The van der Waals surface area contributed by atoms with E-state index in [-0.39, 0.29) is 11.6 Å². The standard InChI is InChI=1S/C24H23F3N4O2/c1-15-3-4-16(23(32)30-19-10-18(11-29-12-19)24(25,26)27)9-20(15)17-6-8-31(14-17)21-13-28-7-5-22(21)33-2/h3-5,7,9-13,17H,6,8,14H2,1-2H3,(H,30,32)/t17-/m1/s1. The number of carbonyl (C=O) groups excluding carboxylic acids is 1. The Morgan fingerprint density at radius 2 is 1.97 bits per heavy atom. The van der Waals surface area contributed by atoms with Crippen molar-refractivity contribution >= 4 is 17.3 Å². The second kappa shape index (κ2) is 9.09. The van der Waals surface area contributed by atoms with E-state index in [1.165, 1.54) is 6.20 Å². The Morgan fingerprint density at radius 3 is 2.73 bits per heavy atom. The van der Waals surface area contributed by atoms with Crippen LogP contribution in [-0.2, 0) is 6.18 Å². The summed E-state index contributed by atoms with van der Waals surface area (Å²) in [6.45, 7) is 3.55.